The van der Waals surface area contributed by atoms with Gasteiger partial charge in [0.2, 0.25) is 0 Å². The number of hydrogen-bond acceptors (Lipinski definition) is 5. The summed E-state index contributed by atoms with van der Waals surface area (Å²) in [5.74, 6) is -0.287. The molecular formula is C23H29FN4OS. The van der Waals surface area contributed by atoms with Gasteiger partial charge in [0.1, 0.15) is 12.1 Å². The van der Waals surface area contributed by atoms with E-state index in [0.29, 0.717) is 5.56 Å². The lowest BCUT2D eigenvalue weighted by molar-refractivity contribution is 0.112. The maximum Gasteiger partial charge on any atom is 0.150 e. The molecule has 7 heteroatoms. The van der Waals surface area contributed by atoms with Crippen LogP contribution in [0.5, 0.6) is 0 Å². The van der Waals surface area contributed by atoms with Crippen LogP contribution in [0.4, 0.5) is 4.39 Å². The lowest BCUT2D eigenvalue weighted by Gasteiger charge is -2.08. The lowest BCUT2D eigenvalue weighted by Crippen LogP contribution is -2.03. The summed E-state index contributed by atoms with van der Waals surface area (Å²) < 4.78 is 16.1. The number of rotatable bonds is 6. The van der Waals surface area contributed by atoms with Crippen molar-refractivity contribution in [3.05, 3.63) is 65.6 Å². The minimum absolute atomic E-state index is 0.102. The summed E-state index contributed by atoms with van der Waals surface area (Å²) in [5, 5.41) is 6.60. The molecule has 0 fully saturated rings. The summed E-state index contributed by atoms with van der Waals surface area (Å²) in [5.41, 5.74) is 9.74. The molecule has 0 aliphatic heterocycles. The number of aromatic nitrogens is 1. The Kier molecular flexibility index (Phi) is 8.80. The first kappa shape index (κ1) is 23.8. The van der Waals surface area contributed by atoms with Crippen molar-refractivity contribution in [3.8, 4) is 11.1 Å². The van der Waals surface area contributed by atoms with E-state index in [0.717, 1.165) is 38.9 Å². The summed E-state index contributed by atoms with van der Waals surface area (Å²) in [6, 6.07) is 13.3. The Labute approximate surface area is 181 Å². The normalized spacial score (nSPS) is 11.5. The van der Waals surface area contributed by atoms with E-state index in [1.54, 1.807) is 6.07 Å². The summed E-state index contributed by atoms with van der Waals surface area (Å²) in [4.78, 5) is 14.2. The van der Waals surface area contributed by atoms with Crippen LogP contribution >= 0.6 is 11.9 Å². The highest BCUT2D eigenvalue weighted by molar-refractivity contribution is 7.97. The van der Waals surface area contributed by atoms with Gasteiger partial charge in [0, 0.05) is 39.2 Å². The van der Waals surface area contributed by atoms with Crippen LogP contribution in [-0.4, -0.2) is 43.4 Å². The van der Waals surface area contributed by atoms with Crippen molar-refractivity contribution in [2.45, 2.75) is 18.4 Å². The van der Waals surface area contributed by atoms with Gasteiger partial charge in [-0.05, 0) is 82.0 Å². The van der Waals surface area contributed by atoms with Crippen LogP contribution in [0.3, 0.4) is 0 Å². The molecule has 0 spiro atoms. The van der Waals surface area contributed by atoms with Gasteiger partial charge in [0.15, 0.2) is 0 Å². The average molecular weight is 429 g/mol. The SMILES string of the molecule is CN(C)C.Cc1c(-c2cccc(SN)c2)c2cc(C=O)ccc2n1C/C(F)=C/CN. The molecule has 30 heavy (non-hydrogen) atoms. The van der Waals surface area contributed by atoms with Crippen LogP contribution in [0.25, 0.3) is 22.0 Å². The van der Waals surface area contributed by atoms with Gasteiger partial charge in [-0.15, -0.1) is 0 Å². The van der Waals surface area contributed by atoms with E-state index >= 15 is 0 Å². The zero-order valence-electron chi connectivity index (χ0n) is 17.9. The molecule has 3 aromatic rings. The van der Waals surface area contributed by atoms with Gasteiger partial charge < -0.3 is 15.2 Å². The van der Waals surface area contributed by atoms with Crippen LogP contribution in [0.15, 0.2) is 59.3 Å². The van der Waals surface area contributed by atoms with E-state index in [-0.39, 0.29) is 18.9 Å². The standard InChI is InChI=1S/C20H20FN3OS.C3H9N/c1-13-20(15-3-2-4-17(10-15)26-23)18-9-14(12-25)5-6-19(18)24(13)11-16(21)7-8-22;1-4(2)3/h2-7,9-10,12H,8,11,22-23H2,1H3;1-3H3/b16-7-;. The first-order chi connectivity index (χ1) is 14.3. The van der Waals surface area contributed by atoms with E-state index in [2.05, 4.69) is 0 Å². The zero-order chi connectivity index (χ0) is 22.3. The van der Waals surface area contributed by atoms with Crippen molar-refractivity contribution in [2.75, 3.05) is 27.7 Å². The maximum absolute atomic E-state index is 14.2. The number of benzene rings is 2. The van der Waals surface area contributed by atoms with Gasteiger partial charge in [-0.2, -0.15) is 0 Å². The van der Waals surface area contributed by atoms with Crippen molar-refractivity contribution < 1.29 is 9.18 Å². The maximum atomic E-state index is 14.2. The Morgan fingerprint density at radius 2 is 1.90 bits per heavy atom. The fraction of sp³-hybridized carbons (Fsp3) is 0.261. The minimum Gasteiger partial charge on any atom is -0.337 e. The number of halogens is 1. The Morgan fingerprint density at radius 1 is 1.20 bits per heavy atom. The second-order valence-corrected chi connectivity index (χ2v) is 8.02. The highest BCUT2D eigenvalue weighted by atomic mass is 32.2. The van der Waals surface area contributed by atoms with Crippen molar-refractivity contribution >= 4 is 29.1 Å². The number of aldehydes is 1. The van der Waals surface area contributed by atoms with E-state index in [1.165, 1.54) is 18.0 Å². The monoisotopic (exact) mass is 428 g/mol. The first-order valence-electron chi connectivity index (χ1n) is 9.53. The molecule has 0 unspecified atom stereocenters. The molecule has 1 heterocycles. The second kappa shape index (κ2) is 11.1. The van der Waals surface area contributed by atoms with Gasteiger partial charge in [0.25, 0.3) is 0 Å². The van der Waals surface area contributed by atoms with Crippen molar-refractivity contribution in [3.63, 3.8) is 0 Å². The predicted octanol–water partition coefficient (Wildman–Crippen LogP) is 4.38. The second-order valence-electron chi connectivity index (χ2n) is 7.32. The van der Waals surface area contributed by atoms with Crippen molar-refractivity contribution in [1.29, 1.82) is 0 Å². The molecule has 0 radical (unpaired) electrons. The fourth-order valence-corrected chi connectivity index (χ4v) is 3.56. The smallest absolute Gasteiger partial charge is 0.150 e. The molecule has 4 N–H and O–H groups in total. The Balaban J connectivity index is 0.000000735. The van der Waals surface area contributed by atoms with Crippen molar-refractivity contribution in [2.24, 2.45) is 10.9 Å². The van der Waals surface area contributed by atoms with Crippen LogP contribution in [0.1, 0.15) is 16.1 Å². The van der Waals surface area contributed by atoms with Gasteiger partial charge >= 0.3 is 0 Å². The summed E-state index contributed by atoms with van der Waals surface area (Å²) in [7, 11) is 6.00. The van der Waals surface area contributed by atoms with E-state index in [4.69, 9.17) is 10.9 Å². The number of carbonyl (C=O) groups is 1. The molecule has 0 aliphatic rings. The Hall–Kier alpha value is -2.45. The number of hydrogen-bond donors (Lipinski definition) is 2. The number of fused-ring (bicyclic) bond motifs is 1. The molecule has 2 aromatic carbocycles. The van der Waals surface area contributed by atoms with Crippen LogP contribution in [-0.2, 0) is 6.54 Å². The topological polar surface area (TPSA) is 77.3 Å². The molecule has 0 atom stereocenters. The molecule has 0 bridgehead atoms. The third-order valence-electron chi connectivity index (χ3n) is 4.39. The van der Waals surface area contributed by atoms with Gasteiger partial charge in [-0.25, -0.2) is 4.39 Å². The molecule has 0 saturated carbocycles. The summed E-state index contributed by atoms with van der Waals surface area (Å²) >= 11 is 1.17. The van der Waals surface area contributed by atoms with E-state index in [9.17, 15) is 9.18 Å². The Bertz CT molecular complexity index is 1040. The van der Waals surface area contributed by atoms with Crippen LogP contribution in [0, 0.1) is 6.92 Å². The van der Waals surface area contributed by atoms with Crippen LogP contribution < -0.4 is 10.9 Å². The van der Waals surface area contributed by atoms with Gasteiger partial charge in [0.05, 0.1) is 6.54 Å². The van der Waals surface area contributed by atoms with Crippen molar-refractivity contribution in [1.82, 2.24) is 9.47 Å². The summed E-state index contributed by atoms with van der Waals surface area (Å²) in [6.07, 6.45) is 2.19. The third kappa shape index (κ3) is 5.79. The van der Waals surface area contributed by atoms with Crippen LogP contribution in [0.2, 0.25) is 0 Å². The molecule has 160 valence electrons. The number of nitrogens with two attached hydrogens (primary N) is 2. The highest BCUT2D eigenvalue weighted by Crippen LogP contribution is 2.36. The fourth-order valence-electron chi connectivity index (χ4n) is 3.21. The Morgan fingerprint density at radius 3 is 2.50 bits per heavy atom. The minimum atomic E-state index is -0.287. The van der Waals surface area contributed by atoms with Gasteiger partial charge in [-0.1, -0.05) is 12.1 Å². The summed E-state index contributed by atoms with van der Waals surface area (Å²) in [6.45, 7) is 2.21. The van der Waals surface area contributed by atoms with E-state index < -0.39 is 0 Å². The molecule has 1 aromatic heterocycles. The average Bonchev–Trinajstić information content (AvgIpc) is 2.98. The molecule has 0 amide bonds. The largest absolute Gasteiger partial charge is 0.337 e. The quantitative estimate of drug-likeness (QED) is 0.450. The van der Waals surface area contributed by atoms with Gasteiger partial charge in [-0.3, -0.25) is 9.93 Å². The molecule has 0 aliphatic carbocycles. The first-order valence-corrected chi connectivity index (χ1v) is 10.4. The molecular weight excluding hydrogens is 399 g/mol. The number of allylic oxidation sites excluding steroid dienone is 1. The number of nitrogens with zero attached hydrogens (tertiary/aromatic N) is 2. The zero-order valence-corrected chi connectivity index (χ0v) is 18.7. The van der Waals surface area contributed by atoms with E-state index in [1.807, 2.05) is 73.9 Å². The molecule has 5 nitrogen and oxygen atoms in total. The highest BCUT2D eigenvalue weighted by Gasteiger charge is 2.17. The molecule has 0 saturated heterocycles. The lowest BCUT2D eigenvalue weighted by atomic mass is 10.0. The number of carbonyl (C=O) groups excluding carboxylic acids is 1. The third-order valence-corrected chi connectivity index (χ3v) is 4.92. The predicted molar refractivity (Wildman–Crippen MR) is 125 cm³/mol. The molecule has 3 rings (SSSR count).